The maximum Gasteiger partial charge on any atom is 0.177 e. The number of benzene rings is 3. The summed E-state index contributed by atoms with van der Waals surface area (Å²) in [6, 6.07) is 28.2. The standard InChI is InChI=1S/C28H22O2/c29-26(23-14-6-2-7-15-23)25-18-10-11-20-28(25,21-19-22-12-4-1-5-13-22)27(30)24-16-8-3-9-17-24/h1-21,25H. The van der Waals surface area contributed by atoms with Gasteiger partial charge in [-0.05, 0) is 5.56 Å². The van der Waals surface area contributed by atoms with Gasteiger partial charge in [-0.25, -0.2) is 0 Å². The Labute approximate surface area is 176 Å². The van der Waals surface area contributed by atoms with E-state index in [4.69, 9.17) is 0 Å². The second-order valence-corrected chi connectivity index (χ2v) is 7.32. The molecule has 0 radical (unpaired) electrons. The summed E-state index contributed by atoms with van der Waals surface area (Å²) in [5.74, 6) is -0.791. The van der Waals surface area contributed by atoms with Crippen LogP contribution in [0.15, 0.2) is 121 Å². The van der Waals surface area contributed by atoms with Crippen LogP contribution >= 0.6 is 0 Å². The molecule has 0 bridgehead atoms. The lowest BCUT2D eigenvalue weighted by Crippen LogP contribution is -2.40. The molecule has 0 spiro atoms. The van der Waals surface area contributed by atoms with Gasteiger partial charge >= 0.3 is 0 Å². The number of carbonyl (C=O) groups is 2. The van der Waals surface area contributed by atoms with Crippen molar-refractivity contribution in [3.8, 4) is 0 Å². The fraction of sp³-hybridized carbons (Fsp3) is 0.0714. The van der Waals surface area contributed by atoms with E-state index in [0.29, 0.717) is 11.1 Å². The quantitative estimate of drug-likeness (QED) is 0.470. The summed E-state index contributed by atoms with van der Waals surface area (Å²) >= 11 is 0. The van der Waals surface area contributed by atoms with Crippen LogP contribution in [-0.4, -0.2) is 11.6 Å². The van der Waals surface area contributed by atoms with Crippen molar-refractivity contribution in [2.75, 3.05) is 0 Å². The highest BCUT2D eigenvalue weighted by molar-refractivity contribution is 6.10. The van der Waals surface area contributed by atoms with Crippen molar-refractivity contribution in [2.24, 2.45) is 11.3 Å². The predicted octanol–water partition coefficient (Wildman–Crippen LogP) is 6.19. The van der Waals surface area contributed by atoms with Crippen LogP contribution in [0.25, 0.3) is 6.08 Å². The van der Waals surface area contributed by atoms with E-state index >= 15 is 0 Å². The van der Waals surface area contributed by atoms with Crippen LogP contribution in [0.3, 0.4) is 0 Å². The molecule has 2 atom stereocenters. The van der Waals surface area contributed by atoms with E-state index in [0.717, 1.165) is 5.56 Å². The van der Waals surface area contributed by atoms with Crippen LogP contribution < -0.4 is 0 Å². The number of hydrogen-bond donors (Lipinski definition) is 0. The Bertz CT molecular complexity index is 1110. The van der Waals surface area contributed by atoms with Crippen molar-refractivity contribution in [2.45, 2.75) is 0 Å². The highest BCUT2D eigenvalue weighted by Crippen LogP contribution is 2.41. The summed E-state index contributed by atoms with van der Waals surface area (Å²) in [5.41, 5.74) is 1.06. The average molecular weight is 390 g/mol. The molecule has 30 heavy (non-hydrogen) atoms. The molecule has 0 saturated carbocycles. The summed E-state index contributed by atoms with van der Waals surface area (Å²) < 4.78 is 0. The summed E-state index contributed by atoms with van der Waals surface area (Å²) in [4.78, 5) is 27.3. The first kappa shape index (κ1) is 19.5. The second kappa shape index (κ2) is 8.71. The number of rotatable bonds is 6. The molecule has 0 amide bonds. The Hall–Kier alpha value is -3.78. The molecular formula is C28H22O2. The zero-order valence-electron chi connectivity index (χ0n) is 16.5. The van der Waals surface area contributed by atoms with Crippen molar-refractivity contribution in [3.05, 3.63) is 138 Å². The van der Waals surface area contributed by atoms with Gasteiger partial charge in [0.1, 0.15) is 0 Å². The summed E-state index contributed by atoms with van der Waals surface area (Å²) in [7, 11) is 0. The van der Waals surface area contributed by atoms with Gasteiger partial charge in [-0.15, -0.1) is 0 Å². The number of carbonyl (C=O) groups excluding carboxylic acids is 2. The first-order chi connectivity index (χ1) is 14.7. The third-order valence-corrected chi connectivity index (χ3v) is 5.42. The molecule has 3 aromatic carbocycles. The lowest BCUT2D eigenvalue weighted by atomic mass is 9.65. The van der Waals surface area contributed by atoms with E-state index in [1.54, 1.807) is 24.3 Å². The molecule has 3 aromatic rings. The highest BCUT2D eigenvalue weighted by atomic mass is 16.1. The Kier molecular flexibility index (Phi) is 5.67. The van der Waals surface area contributed by atoms with Crippen molar-refractivity contribution in [1.82, 2.24) is 0 Å². The molecule has 2 unspecified atom stereocenters. The van der Waals surface area contributed by atoms with Gasteiger partial charge in [-0.1, -0.05) is 127 Å². The van der Waals surface area contributed by atoms with Crippen molar-refractivity contribution < 1.29 is 9.59 Å². The normalized spacial score (nSPS) is 20.3. The first-order valence-electron chi connectivity index (χ1n) is 10.0. The second-order valence-electron chi connectivity index (χ2n) is 7.32. The van der Waals surface area contributed by atoms with Crippen LogP contribution in [0.1, 0.15) is 26.3 Å². The summed E-state index contributed by atoms with van der Waals surface area (Å²) in [6.07, 6.45) is 11.2. The molecule has 0 saturated heterocycles. The fourth-order valence-corrected chi connectivity index (χ4v) is 3.83. The van der Waals surface area contributed by atoms with Crippen molar-refractivity contribution in [3.63, 3.8) is 0 Å². The van der Waals surface area contributed by atoms with Gasteiger partial charge in [-0.2, -0.15) is 0 Å². The van der Waals surface area contributed by atoms with Gasteiger partial charge in [0.15, 0.2) is 11.6 Å². The molecule has 0 aliphatic heterocycles. The van der Waals surface area contributed by atoms with Gasteiger partial charge in [0.2, 0.25) is 0 Å². The molecule has 0 fully saturated rings. The minimum atomic E-state index is -1.10. The van der Waals surface area contributed by atoms with Crippen LogP contribution in [0.5, 0.6) is 0 Å². The zero-order valence-corrected chi connectivity index (χ0v) is 16.5. The third kappa shape index (κ3) is 3.85. The van der Waals surface area contributed by atoms with Crippen LogP contribution in [0.2, 0.25) is 0 Å². The monoisotopic (exact) mass is 390 g/mol. The molecule has 2 nitrogen and oxygen atoms in total. The Morgan fingerprint density at radius 2 is 1.27 bits per heavy atom. The predicted molar refractivity (Wildman–Crippen MR) is 121 cm³/mol. The number of allylic oxidation sites excluding steroid dienone is 5. The molecule has 0 aromatic heterocycles. The minimum Gasteiger partial charge on any atom is -0.293 e. The summed E-state index contributed by atoms with van der Waals surface area (Å²) in [5, 5.41) is 0. The maximum absolute atomic E-state index is 13.8. The topological polar surface area (TPSA) is 34.1 Å². The van der Waals surface area contributed by atoms with E-state index in [2.05, 4.69) is 0 Å². The van der Waals surface area contributed by atoms with Gasteiger partial charge in [0, 0.05) is 11.1 Å². The number of hydrogen-bond acceptors (Lipinski definition) is 2. The van der Waals surface area contributed by atoms with E-state index in [1.165, 1.54) is 0 Å². The Morgan fingerprint density at radius 3 is 1.90 bits per heavy atom. The average Bonchev–Trinajstić information content (AvgIpc) is 2.84. The maximum atomic E-state index is 13.8. The Balaban J connectivity index is 1.83. The molecular weight excluding hydrogens is 368 g/mol. The molecule has 2 heteroatoms. The van der Waals surface area contributed by atoms with Gasteiger partial charge < -0.3 is 0 Å². The summed E-state index contributed by atoms with van der Waals surface area (Å²) in [6.45, 7) is 0. The van der Waals surface area contributed by atoms with E-state index in [1.807, 2.05) is 103 Å². The molecule has 0 heterocycles. The van der Waals surface area contributed by atoms with E-state index in [-0.39, 0.29) is 11.6 Å². The SMILES string of the molecule is O=C(c1ccccc1)C1C=CC=CC1(C=Cc1ccccc1)C(=O)c1ccccc1. The van der Waals surface area contributed by atoms with Crippen molar-refractivity contribution in [1.29, 1.82) is 0 Å². The minimum absolute atomic E-state index is 0.0711. The smallest absolute Gasteiger partial charge is 0.177 e. The molecule has 0 N–H and O–H groups in total. The number of Topliss-reactive ketones (excluding diaryl/α,β-unsaturated/α-hetero) is 2. The zero-order chi connectivity index (χ0) is 20.8. The van der Waals surface area contributed by atoms with E-state index < -0.39 is 11.3 Å². The van der Waals surface area contributed by atoms with Gasteiger partial charge in [0.05, 0.1) is 11.3 Å². The molecule has 1 aliphatic carbocycles. The van der Waals surface area contributed by atoms with Crippen molar-refractivity contribution >= 4 is 17.6 Å². The largest absolute Gasteiger partial charge is 0.293 e. The van der Waals surface area contributed by atoms with Crippen LogP contribution in [0, 0.1) is 11.3 Å². The lowest BCUT2D eigenvalue weighted by Gasteiger charge is -2.34. The Morgan fingerprint density at radius 1 is 0.700 bits per heavy atom. The molecule has 4 rings (SSSR count). The molecule has 1 aliphatic rings. The first-order valence-corrected chi connectivity index (χ1v) is 10.0. The number of ketones is 2. The third-order valence-electron chi connectivity index (χ3n) is 5.42. The van der Waals surface area contributed by atoms with Crippen LogP contribution in [-0.2, 0) is 0 Å². The molecule has 146 valence electrons. The fourth-order valence-electron chi connectivity index (χ4n) is 3.83. The highest BCUT2D eigenvalue weighted by Gasteiger charge is 2.45. The van der Waals surface area contributed by atoms with E-state index in [9.17, 15) is 9.59 Å². The van der Waals surface area contributed by atoms with Gasteiger partial charge in [0.25, 0.3) is 0 Å². The lowest BCUT2D eigenvalue weighted by molar-refractivity contribution is 0.0768. The van der Waals surface area contributed by atoms with Crippen LogP contribution in [0.4, 0.5) is 0 Å². The van der Waals surface area contributed by atoms with Gasteiger partial charge in [-0.3, -0.25) is 9.59 Å².